The van der Waals surface area contributed by atoms with Gasteiger partial charge in [0.05, 0.1) is 5.69 Å². The Labute approximate surface area is 145 Å². The number of nitrogens with one attached hydrogen (secondary N) is 1. The lowest BCUT2D eigenvalue weighted by Gasteiger charge is -2.14. The summed E-state index contributed by atoms with van der Waals surface area (Å²) in [5, 5.41) is 1.85. The number of carbonyl (C=O) groups excluding carboxylic acids is 2. The van der Waals surface area contributed by atoms with Crippen LogP contribution in [-0.2, 0) is 9.59 Å². The van der Waals surface area contributed by atoms with Crippen LogP contribution in [0.25, 0.3) is 6.08 Å². The van der Waals surface area contributed by atoms with Gasteiger partial charge < -0.3 is 0 Å². The van der Waals surface area contributed by atoms with Crippen molar-refractivity contribution >= 4 is 35.2 Å². The number of anilines is 1. The quantitative estimate of drug-likeness (QED) is 0.685. The van der Waals surface area contributed by atoms with E-state index in [1.54, 1.807) is 30.4 Å². The number of nitrogens with zero attached hydrogens (tertiary/aromatic N) is 1. The number of carbonyl (C=O) groups is 2. The number of amides is 2. The minimum atomic E-state index is -0.426. The Bertz CT molecular complexity index is 854. The zero-order chi connectivity index (χ0) is 17.1. The Hall–Kier alpha value is -2.85. The van der Waals surface area contributed by atoms with Crippen LogP contribution >= 0.6 is 11.6 Å². The van der Waals surface area contributed by atoms with Gasteiger partial charge in [-0.05, 0) is 36.8 Å². The van der Waals surface area contributed by atoms with E-state index in [1.807, 2.05) is 37.3 Å². The molecule has 120 valence electrons. The summed E-state index contributed by atoms with van der Waals surface area (Å²) in [6.07, 6.45) is 4.90. The Morgan fingerprint density at radius 2 is 1.75 bits per heavy atom. The fourth-order valence-electron chi connectivity index (χ4n) is 2.31. The van der Waals surface area contributed by atoms with Crippen molar-refractivity contribution in [2.75, 3.05) is 5.01 Å². The summed E-state index contributed by atoms with van der Waals surface area (Å²) in [7, 11) is 0. The highest BCUT2D eigenvalue weighted by Gasteiger charge is 2.33. The molecule has 0 aliphatic carbocycles. The number of benzene rings is 2. The lowest BCUT2D eigenvalue weighted by atomic mass is 10.1. The van der Waals surface area contributed by atoms with Gasteiger partial charge in [-0.25, -0.2) is 5.01 Å². The van der Waals surface area contributed by atoms with Crippen LogP contribution < -0.4 is 10.4 Å². The lowest BCUT2D eigenvalue weighted by Crippen LogP contribution is -2.35. The topological polar surface area (TPSA) is 49.4 Å². The first-order valence-corrected chi connectivity index (χ1v) is 7.79. The van der Waals surface area contributed by atoms with Gasteiger partial charge in [0.1, 0.15) is 5.57 Å². The average molecular weight is 339 g/mol. The van der Waals surface area contributed by atoms with Crippen molar-refractivity contribution in [3.05, 3.63) is 82.4 Å². The highest BCUT2D eigenvalue weighted by molar-refractivity contribution is 6.32. The zero-order valence-electron chi connectivity index (χ0n) is 13.0. The van der Waals surface area contributed by atoms with Crippen LogP contribution in [0, 0.1) is 6.92 Å². The van der Waals surface area contributed by atoms with Gasteiger partial charge in [0.2, 0.25) is 0 Å². The molecule has 4 nitrogen and oxygen atoms in total. The minimum absolute atomic E-state index is 0.0823. The molecule has 0 bridgehead atoms. The van der Waals surface area contributed by atoms with Crippen molar-refractivity contribution in [1.29, 1.82) is 0 Å². The molecule has 1 heterocycles. The van der Waals surface area contributed by atoms with Crippen LogP contribution in [0.15, 0.2) is 66.3 Å². The molecular formula is C19H15ClN2O2. The summed E-state index contributed by atoms with van der Waals surface area (Å²) in [6.45, 7) is 1.96. The Morgan fingerprint density at radius 1 is 1.04 bits per heavy atom. The second-order valence-corrected chi connectivity index (χ2v) is 5.79. The van der Waals surface area contributed by atoms with Crippen LogP contribution in [0.4, 0.5) is 5.69 Å². The van der Waals surface area contributed by atoms with Gasteiger partial charge >= 0.3 is 0 Å². The zero-order valence-corrected chi connectivity index (χ0v) is 13.7. The van der Waals surface area contributed by atoms with Gasteiger partial charge in [-0.1, -0.05) is 59.6 Å². The predicted octanol–water partition coefficient (Wildman–Crippen LogP) is 3.67. The third-order valence-corrected chi connectivity index (χ3v) is 3.97. The summed E-state index contributed by atoms with van der Waals surface area (Å²) >= 11 is 6.07. The third kappa shape index (κ3) is 3.24. The summed E-state index contributed by atoms with van der Waals surface area (Å²) in [5.74, 6) is -0.808. The molecule has 1 saturated heterocycles. The first-order valence-electron chi connectivity index (χ1n) is 7.41. The Morgan fingerprint density at radius 3 is 2.46 bits per heavy atom. The maximum atomic E-state index is 12.4. The average Bonchev–Trinajstić information content (AvgIpc) is 2.85. The SMILES string of the molecule is Cc1ccc(N2NC(=O)/C(=C/C=C/c3ccccc3Cl)C2=O)cc1. The highest BCUT2D eigenvalue weighted by atomic mass is 35.5. The molecule has 0 atom stereocenters. The number of hydrogen-bond donors (Lipinski definition) is 1. The maximum Gasteiger partial charge on any atom is 0.282 e. The molecule has 2 aromatic carbocycles. The molecule has 1 aliphatic rings. The van der Waals surface area contributed by atoms with Crippen LogP contribution in [0.3, 0.4) is 0 Å². The van der Waals surface area contributed by atoms with E-state index in [0.29, 0.717) is 10.7 Å². The van der Waals surface area contributed by atoms with Gasteiger partial charge in [0.25, 0.3) is 11.8 Å². The van der Waals surface area contributed by atoms with Gasteiger partial charge in [-0.15, -0.1) is 0 Å². The molecule has 24 heavy (non-hydrogen) atoms. The van der Waals surface area contributed by atoms with Crippen molar-refractivity contribution in [3.63, 3.8) is 0 Å². The van der Waals surface area contributed by atoms with Crippen molar-refractivity contribution in [2.24, 2.45) is 0 Å². The van der Waals surface area contributed by atoms with Crippen molar-refractivity contribution in [3.8, 4) is 0 Å². The molecule has 0 aromatic heterocycles. The molecule has 5 heteroatoms. The molecule has 1 N–H and O–H groups in total. The van der Waals surface area contributed by atoms with Crippen LogP contribution in [0.5, 0.6) is 0 Å². The van der Waals surface area contributed by atoms with Crippen molar-refractivity contribution < 1.29 is 9.59 Å². The van der Waals surface area contributed by atoms with E-state index in [4.69, 9.17) is 11.6 Å². The standard InChI is InChI=1S/C19H15ClN2O2/c1-13-9-11-15(12-10-13)22-19(24)16(18(23)21-22)7-4-6-14-5-2-3-8-17(14)20/h2-12H,1H3,(H,21,23)/b6-4+,16-7-. The number of allylic oxidation sites excluding steroid dienone is 2. The normalized spacial score (nSPS) is 16.2. The van der Waals surface area contributed by atoms with Crippen LogP contribution in [0.2, 0.25) is 5.02 Å². The minimum Gasteiger partial charge on any atom is -0.267 e. The molecule has 0 unspecified atom stereocenters. The van der Waals surface area contributed by atoms with E-state index in [-0.39, 0.29) is 11.5 Å². The molecule has 2 aromatic rings. The number of aryl methyl sites for hydroxylation is 1. The van der Waals surface area contributed by atoms with E-state index >= 15 is 0 Å². The lowest BCUT2D eigenvalue weighted by molar-refractivity contribution is -0.117. The molecule has 3 rings (SSSR count). The fraction of sp³-hybridized carbons (Fsp3) is 0.0526. The van der Waals surface area contributed by atoms with Gasteiger partial charge in [0.15, 0.2) is 0 Å². The Balaban J connectivity index is 1.81. The molecule has 2 amide bonds. The maximum absolute atomic E-state index is 12.4. The van der Waals surface area contributed by atoms with Gasteiger partial charge in [-0.2, -0.15) is 0 Å². The van der Waals surface area contributed by atoms with E-state index < -0.39 is 5.91 Å². The van der Waals surface area contributed by atoms with Crippen LogP contribution in [-0.4, -0.2) is 11.8 Å². The first-order chi connectivity index (χ1) is 11.6. The fourth-order valence-corrected chi connectivity index (χ4v) is 2.51. The summed E-state index contributed by atoms with van der Waals surface area (Å²) in [6, 6.07) is 14.7. The number of halogens is 1. The van der Waals surface area contributed by atoms with Crippen LogP contribution in [0.1, 0.15) is 11.1 Å². The predicted molar refractivity (Wildman–Crippen MR) is 95.4 cm³/mol. The summed E-state index contributed by atoms with van der Waals surface area (Å²) in [4.78, 5) is 24.5. The molecule has 0 radical (unpaired) electrons. The highest BCUT2D eigenvalue weighted by Crippen LogP contribution is 2.21. The molecule has 1 fully saturated rings. The number of hydrazine groups is 1. The van der Waals surface area contributed by atoms with E-state index in [0.717, 1.165) is 11.1 Å². The second-order valence-electron chi connectivity index (χ2n) is 5.38. The largest absolute Gasteiger partial charge is 0.282 e. The molecule has 1 aliphatic heterocycles. The van der Waals surface area contributed by atoms with Gasteiger partial charge in [-0.3, -0.25) is 15.0 Å². The third-order valence-electron chi connectivity index (χ3n) is 3.63. The van der Waals surface area contributed by atoms with Gasteiger partial charge in [0, 0.05) is 5.02 Å². The number of hydrogen-bond acceptors (Lipinski definition) is 2. The number of rotatable bonds is 3. The second kappa shape index (κ2) is 6.72. The summed E-state index contributed by atoms with van der Waals surface area (Å²) < 4.78 is 0. The van der Waals surface area contributed by atoms with E-state index in [9.17, 15) is 9.59 Å². The monoisotopic (exact) mass is 338 g/mol. The summed E-state index contributed by atoms with van der Waals surface area (Å²) in [5.41, 5.74) is 5.17. The van der Waals surface area contributed by atoms with E-state index in [2.05, 4.69) is 5.43 Å². The molecule has 0 saturated carbocycles. The van der Waals surface area contributed by atoms with Crippen molar-refractivity contribution in [1.82, 2.24) is 5.43 Å². The molecule has 0 spiro atoms. The van der Waals surface area contributed by atoms with Crippen molar-refractivity contribution in [2.45, 2.75) is 6.92 Å². The first kappa shape index (κ1) is 16.0. The Kier molecular flexibility index (Phi) is 4.49. The smallest absolute Gasteiger partial charge is 0.267 e. The molecular weight excluding hydrogens is 324 g/mol. The van der Waals surface area contributed by atoms with E-state index in [1.165, 1.54) is 11.1 Å².